The predicted octanol–water partition coefficient (Wildman–Crippen LogP) is 1.08. The van der Waals surface area contributed by atoms with Crippen molar-refractivity contribution in [3.05, 3.63) is 29.8 Å². The summed E-state index contributed by atoms with van der Waals surface area (Å²) in [5.74, 6) is 0.527. The standard InChI is InChI=1S/C17H25N3O4/c1-13(16(21)18-17(22)24-3)20-10-8-19(9-11-20)12-14-4-6-15(23-2)7-5-14/h4-7,13H,8-12H2,1-3H3,(H,18,21,22)/t13-/m0/s1. The number of alkyl carbamates (subject to hydrolysis) is 1. The molecule has 0 saturated carbocycles. The van der Waals surface area contributed by atoms with Crippen molar-refractivity contribution < 1.29 is 19.1 Å². The lowest BCUT2D eigenvalue weighted by atomic mass is 10.1. The molecule has 0 spiro atoms. The van der Waals surface area contributed by atoms with E-state index in [2.05, 4.69) is 32.0 Å². The number of methoxy groups -OCH3 is 2. The van der Waals surface area contributed by atoms with Gasteiger partial charge in [0.1, 0.15) is 5.75 Å². The fourth-order valence-electron chi connectivity index (χ4n) is 2.72. The first kappa shape index (κ1) is 18.2. The summed E-state index contributed by atoms with van der Waals surface area (Å²) >= 11 is 0. The number of nitrogens with one attached hydrogen (secondary N) is 1. The molecule has 0 unspecified atom stereocenters. The number of rotatable bonds is 5. The molecular weight excluding hydrogens is 310 g/mol. The third kappa shape index (κ3) is 4.94. The van der Waals surface area contributed by atoms with E-state index in [1.807, 2.05) is 12.1 Å². The quantitative estimate of drug-likeness (QED) is 0.868. The highest BCUT2D eigenvalue weighted by Crippen LogP contribution is 2.14. The summed E-state index contributed by atoms with van der Waals surface area (Å²) in [6.45, 7) is 6.00. The summed E-state index contributed by atoms with van der Waals surface area (Å²) in [5, 5.41) is 2.22. The molecular formula is C17H25N3O4. The minimum atomic E-state index is -0.718. The van der Waals surface area contributed by atoms with E-state index in [0.29, 0.717) is 0 Å². The van der Waals surface area contributed by atoms with Gasteiger partial charge in [0.05, 0.1) is 20.3 Å². The summed E-state index contributed by atoms with van der Waals surface area (Å²) in [4.78, 5) is 27.5. The minimum Gasteiger partial charge on any atom is -0.497 e. The van der Waals surface area contributed by atoms with E-state index in [0.717, 1.165) is 38.5 Å². The van der Waals surface area contributed by atoms with Crippen molar-refractivity contribution in [2.24, 2.45) is 0 Å². The van der Waals surface area contributed by atoms with Crippen LogP contribution in [0.1, 0.15) is 12.5 Å². The zero-order chi connectivity index (χ0) is 17.5. The molecule has 7 nitrogen and oxygen atoms in total. The van der Waals surface area contributed by atoms with Crippen molar-refractivity contribution >= 4 is 12.0 Å². The van der Waals surface area contributed by atoms with Gasteiger partial charge in [-0.05, 0) is 24.6 Å². The summed E-state index contributed by atoms with van der Waals surface area (Å²) in [6, 6.07) is 7.71. The van der Waals surface area contributed by atoms with Crippen LogP contribution in [-0.4, -0.2) is 68.2 Å². The van der Waals surface area contributed by atoms with Gasteiger partial charge < -0.3 is 9.47 Å². The number of ether oxygens (including phenoxy) is 2. The Kier molecular flexibility index (Phi) is 6.57. The molecule has 1 atom stereocenters. The number of nitrogens with zero attached hydrogens (tertiary/aromatic N) is 2. The van der Waals surface area contributed by atoms with Gasteiger partial charge in [0, 0.05) is 32.7 Å². The highest BCUT2D eigenvalue weighted by molar-refractivity contribution is 5.94. The lowest BCUT2D eigenvalue weighted by Gasteiger charge is -2.37. The van der Waals surface area contributed by atoms with Crippen LogP contribution in [0.25, 0.3) is 0 Å². The van der Waals surface area contributed by atoms with Crippen molar-refractivity contribution in [2.45, 2.75) is 19.5 Å². The summed E-state index contributed by atoms with van der Waals surface area (Å²) < 4.78 is 9.62. The van der Waals surface area contributed by atoms with Crippen molar-refractivity contribution in [3.8, 4) is 5.75 Å². The average molecular weight is 335 g/mol. The molecule has 1 aliphatic heterocycles. The third-order valence-corrected chi connectivity index (χ3v) is 4.31. The number of imide groups is 1. The van der Waals surface area contributed by atoms with E-state index in [1.165, 1.54) is 12.7 Å². The van der Waals surface area contributed by atoms with E-state index in [9.17, 15) is 9.59 Å². The van der Waals surface area contributed by atoms with Gasteiger partial charge in [-0.15, -0.1) is 0 Å². The van der Waals surface area contributed by atoms with Crippen LogP contribution in [0.2, 0.25) is 0 Å². The summed E-state index contributed by atoms with van der Waals surface area (Å²) in [5.41, 5.74) is 1.24. The fraction of sp³-hybridized carbons (Fsp3) is 0.529. The Bertz CT molecular complexity index is 553. The molecule has 1 fully saturated rings. The molecule has 0 bridgehead atoms. The first-order valence-corrected chi connectivity index (χ1v) is 8.01. The van der Waals surface area contributed by atoms with Crippen molar-refractivity contribution in [2.75, 3.05) is 40.4 Å². The van der Waals surface area contributed by atoms with Gasteiger partial charge in [-0.3, -0.25) is 19.9 Å². The van der Waals surface area contributed by atoms with Gasteiger partial charge in [-0.25, -0.2) is 4.79 Å². The van der Waals surface area contributed by atoms with Crippen LogP contribution < -0.4 is 10.1 Å². The molecule has 2 rings (SSSR count). The molecule has 132 valence electrons. The smallest absolute Gasteiger partial charge is 0.413 e. The maximum Gasteiger partial charge on any atom is 0.413 e. The lowest BCUT2D eigenvalue weighted by Crippen LogP contribution is -2.54. The average Bonchev–Trinajstić information content (AvgIpc) is 2.62. The summed E-state index contributed by atoms with van der Waals surface area (Å²) in [7, 11) is 2.90. The molecule has 1 N–H and O–H groups in total. The maximum atomic E-state index is 12.0. The topological polar surface area (TPSA) is 71.1 Å². The van der Waals surface area contributed by atoms with Crippen molar-refractivity contribution in [1.82, 2.24) is 15.1 Å². The Morgan fingerprint density at radius 3 is 2.29 bits per heavy atom. The first-order valence-electron chi connectivity index (χ1n) is 8.01. The SMILES string of the molecule is COC(=O)NC(=O)[C@H](C)N1CCN(Cc2ccc(OC)cc2)CC1. The number of piperazine rings is 1. The molecule has 1 saturated heterocycles. The van der Waals surface area contributed by atoms with Crippen molar-refractivity contribution in [3.63, 3.8) is 0 Å². The molecule has 1 aromatic carbocycles. The van der Waals surface area contributed by atoms with Gasteiger partial charge in [0.25, 0.3) is 0 Å². The third-order valence-electron chi connectivity index (χ3n) is 4.31. The van der Waals surface area contributed by atoms with Gasteiger partial charge in [-0.1, -0.05) is 12.1 Å². The number of hydrogen-bond donors (Lipinski definition) is 1. The molecule has 7 heteroatoms. The lowest BCUT2D eigenvalue weighted by molar-refractivity contribution is -0.125. The molecule has 1 heterocycles. The number of benzene rings is 1. The molecule has 1 aliphatic rings. The van der Waals surface area contributed by atoms with Gasteiger partial charge in [0.2, 0.25) is 5.91 Å². The first-order chi connectivity index (χ1) is 11.5. The fourth-order valence-corrected chi connectivity index (χ4v) is 2.72. The van der Waals surface area contributed by atoms with Crippen LogP contribution in [0, 0.1) is 0 Å². The number of hydrogen-bond acceptors (Lipinski definition) is 6. The predicted molar refractivity (Wildman–Crippen MR) is 89.9 cm³/mol. The van der Waals surface area contributed by atoms with Crippen LogP contribution in [0.3, 0.4) is 0 Å². The number of carbonyl (C=O) groups is 2. The van der Waals surface area contributed by atoms with Gasteiger partial charge >= 0.3 is 6.09 Å². The second-order valence-corrected chi connectivity index (χ2v) is 5.82. The highest BCUT2D eigenvalue weighted by atomic mass is 16.5. The highest BCUT2D eigenvalue weighted by Gasteiger charge is 2.26. The van der Waals surface area contributed by atoms with E-state index < -0.39 is 6.09 Å². The van der Waals surface area contributed by atoms with Crippen molar-refractivity contribution in [1.29, 1.82) is 0 Å². The number of amides is 2. The Balaban J connectivity index is 1.79. The largest absolute Gasteiger partial charge is 0.497 e. The summed E-state index contributed by atoms with van der Waals surface area (Å²) in [6.07, 6.45) is -0.718. The normalized spacial score (nSPS) is 17.1. The second kappa shape index (κ2) is 8.65. The molecule has 2 amide bonds. The van der Waals surface area contributed by atoms with Crippen LogP contribution in [-0.2, 0) is 16.1 Å². The number of carbonyl (C=O) groups excluding carboxylic acids is 2. The Hall–Kier alpha value is -2.12. The monoisotopic (exact) mass is 335 g/mol. The Morgan fingerprint density at radius 1 is 1.12 bits per heavy atom. The minimum absolute atomic E-state index is 0.328. The second-order valence-electron chi connectivity index (χ2n) is 5.82. The van der Waals surface area contributed by atoms with Gasteiger partial charge in [0.15, 0.2) is 0 Å². The van der Waals surface area contributed by atoms with Crippen LogP contribution in [0.5, 0.6) is 5.75 Å². The zero-order valence-corrected chi connectivity index (χ0v) is 14.4. The Morgan fingerprint density at radius 2 is 1.75 bits per heavy atom. The molecule has 0 aliphatic carbocycles. The van der Waals surface area contributed by atoms with E-state index in [-0.39, 0.29) is 11.9 Å². The zero-order valence-electron chi connectivity index (χ0n) is 14.4. The molecule has 0 aromatic heterocycles. The molecule has 0 radical (unpaired) electrons. The van der Waals surface area contributed by atoms with E-state index in [1.54, 1.807) is 14.0 Å². The van der Waals surface area contributed by atoms with Crippen LogP contribution in [0.4, 0.5) is 4.79 Å². The van der Waals surface area contributed by atoms with E-state index >= 15 is 0 Å². The van der Waals surface area contributed by atoms with Crippen LogP contribution >= 0.6 is 0 Å². The van der Waals surface area contributed by atoms with E-state index in [4.69, 9.17) is 4.74 Å². The maximum absolute atomic E-state index is 12.0. The van der Waals surface area contributed by atoms with Gasteiger partial charge in [-0.2, -0.15) is 0 Å². The molecule has 24 heavy (non-hydrogen) atoms. The molecule has 1 aromatic rings. The van der Waals surface area contributed by atoms with Crippen LogP contribution in [0.15, 0.2) is 24.3 Å². The Labute approximate surface area is 142 Å².